The lowest BCUT2D eigenvalue weighted by atomic mass is 9.92. The lowest BCUT2D eigenvalue weighted by Gasteiger charge is -2.33. The lowest BCUT2D eigenvalue weighted by molar-refractivity contribution is -0.132. The summed E-state index contributed by atoms with van der Waals surface area (Å²) in [6.45, 7) is 5.60. The summed E-state index contributed by atoms with van der Waals surface area (Å²) in [4.78, 5) is 39.4. The molecule has 0 bridgehead atoms. The maximum absolute atomic E-state index is 13.1. The second-order valence-corrected chi connectivity index (χ2v) is 10.5. The Morgan fingerprint density at radius 1 is 1.32 bits per heavy atom. The molecule has 0 saturated carbocycles. The molecule has 1 unspecified atom stereocenters. The zero-order valence-corrected chi connectivity index (χ0v) is 21.1. The molecule has 0 radical (unpaired) electrons. The van der Waals surface area contributed by atoms with Gasteiger partial charge in [0.2, 0.25) is 11.7 Å². The van der Waals surface area contributed by atoms with Crippen LogP contribution in [0.4, 0.5) is 10.3 Å². The average molecular weight is 547 g/mol. The molecule has 178 valence electrons. The van der Waals surface area contributed by atoms with Crippen LogP contribution < -0.4 is 10.6 Å². The summed E-state index contributed by atoms with van der Waals surface area (Å²) in [7, 11) is 0. The van der Waals surface area contributed by atoms with Gasteiger partial charge in [-0.2, -0.15) is 0 Å². The van der Waals surface area contributed by atoms with Crippen molar-refractivity contribution in [2.24, 2.45) is 0 Å². The first kappa shape index (κ1) is 24.5. The first-order chi connectivity index (χ1) is 16.3. The predicted molar refractivity (Wildman–Crippen MR) is 132 cm³/mol. The molecule has 3 heterocycles. The Balaban J connectivity index is 1.39. The van der Waals surface area contributed by atoms with Crippen molar-refractivity contribution in [3.63, 3.8) is 0 Å². The van der Waals surface area contributed by atoms with E-state index in [2.05, 4.69) is 46.4 Å². The van der Waals surface area contributed by atoms with Crippen LogP contribution in [0.3, 0.4) is 0 Å². The molecule has 4 rings (SSSR count). The predicted octanol–water partition coefficient (Wildman–Crippen LogP) is 3.28. The van der Waals surface area contributed by atoms with Crippen molar-refractivity contribution in [1.82, 2.24) is 25.2 Å². The van der Waals surface area contributed by atoms with E-state index in [0.29, 0.717) is 44.1 Å². The van der Waals surface area contributed by atoms with Crippen LogP contribution in [0.25, 0.3) is 10.7 Å². The Morgan fingerprint density at radius 3 is 2.82 bits per heavy atom. The van der Waals surface area contributed by atoms with Crippen LogP contribution >= 0.6 is 27.3 Å². The highest BCUT2D eigenvalue weighted by Crippen LogP contribution is 2.31. The molecule has 1 fully saturated rings. The van der Waals surface area contributed by atoms with Gasteiger partial charge in [0.1, 0.15) is 16.5 Å². The molecule has 34 heavy (non-hydrogen) atoms. The SMILES string of the molecule is CC1(C)C(C(=O)C=O)NCN1CCNc1ncc(Br)c(-c2ncc(Cc3ccc(F)cc3)s2)n1. The van der Waals surface area contributed by atoms with Crippen LogP contribution in [0.5, 0.6) is 0 Å². The van der Waals surface area contributed by atoms with E-state index in [1.165, 1.54) is 23.5 Å². The van der Waals surface area contributed by atoms with Gasteiger partial charge in [-0.1, -0.05) is 12.1 Å². The number of benzene rings is 1. The number of anilines is 1. The van der Waals surface area contributed by atoms with Crippen LogP contribution in [0.2, 0.25) is 0 Å². The van der Waals surface area contributed by atoms with Gasteiger partial charge in [0.15, 0.2) is 6.29 Å². The molecule has 0 aliphatic carbocycles. The van der Waals surface area contributed by atoms with Gasteiger partial charge in [0.25, 0.3) is 0 Å². The van der Waals surface area contributed by atoms with Crippen LogP contribution in [0.1, 0.15) is 24.3 Å². The van der Waals surface area contributed by atoms with E-state index >= 15 is 0 Å². The first-order valence-electron chi connectivity index (χ1n) is 10.7. The number of aldehydes is 1. The molecule has 1 aromatic carbocycles. The fourth-order valence-electron chi connectivity index (χ4n) is 3.93. The Bertz CT molecular complexity index is 1190. The molecular weight excluding hydrogens is 523 g/mol. The van der Waals surface area contributed by atoms with Crippen molar-refractivity contribution >= 4 is 45.3 Å². The smallest absolute Gasteiger partial charge is 0.223 e. The van der Waals surface area contributed by atoms with E-state index in [4.69, 9.17) is 0 Å². The number of nitrogens with one attached hydrogen (secondary N) is 2. The van der Waals surface area contributed by atoms with Gasteiger partial charge >= 0.3 is 0 Å². The van der Waals surface area contributed by atoms with E-state index in [9.17, 15) is 14.0 Å². The highest BCUT2D eigenvalue weighted by Gasteiger charge is 2.44. The molecule has 1 aliphatic rings. The fourth-order valence-corrected chi connectivity index (χ4v) is 5.39. The van der Waals surface area contributed by atoms with Crippen LogP contribution in [0.15, 0.2) is 41.1 Å². The summed E-state index contributed by atoms with van der Waals surface area (Å²) in [5.41, 5.74) is 1.22. The van der Waals surface area contributed by atoms with E-state index in [0.717, 1.165) is 19.9 Å². The van der Waals surface area contributed by atoms with Crippen molar-refractivity contribution in [1.29, 1.82) is 0 Å². The maximum Gasteiger partial charge on any atom is 0.223 e. The van der Waals surface area contributed by atoms with Gasteiger partial charge in [-0.15, -0.1) is 11.3 Å². The summed E-state index contributed by atoms with van der Waals surface area (Å²) in [5, 5.41) is 7.10. The summed E-state index contributed by atoms with van der Waals surface area (Å²) >= 11 is 5.04. The van der Waals surface area contributed by atoms with E-state index in [1.54, 1.807) is 18.3 Å². The van der Waals surface area contributed by atoms with E-state index in [-0.39, 0.29) is 5.82 Å². The molecule has 3 aromatic rings. The number of carbonyl (C=O) groups is 2. The van der Waals surface area contributed by atoms with Crippen molar-refractivity contribution < 1.29 is 14.0 Å². The fraction of sp³-hybridized carbons (Fsp3) is 0.348. The standard InChI is InChI=1S/C23H24BrFN6O2S/c1-23(2)20(18(33)12-32)29-13-31(23)8-7-26-22-28-11-17(24)19(30-22)21-27-10-16(34-21)9-14-3-5-15(25)6-4-14/h3-6,10-12,20,29H,7-9,13H2,1-2H3,(H,26,28,30). The molecule has 1 aliphatic heterocycles. The van der Waals surface area contributed by atoms with Gasteiger partial charge in [-0.25, -0.2) is 19.3 Å². The molecule has 0 spiro atoms. The third-order valence-electron chi connectivity index (χ3n) is 5.87. The Kier molecular flexibility index (Phi) is 7.46. The van der Waals surface area contributed by atoms with Gasteiger partial charge < -0.3 is 5.32 Å². The number of halogens is 2. The topological polar surface area (TPSA) is 100 Å². The molecule has 2 N–H and O–H groups in total. The second-order valence-electron chi connectivity index (χ2n) is 8.48. The van der Waals surface area contributed by atoms with Crippen LogP contribution in [-0.4, -0.2) is 63.3 Å². The van der Waals surface area contributed by atoms with E-state index < -0.39 is 17.4 Å². The minimum absolute atomic E-state index is 0.252. The normalized spacial score (nSPS) is 17.6. The number of Topliss-reactive ketones (excluding diaryl/α,β-unsaturated/α-hetero) is 1. The highest BCUT2D eigenvalue weighted by atomic mass is 79.9. The molecule has 1 saturated heterocycles. The van der Waals surface area contributed by atoms with Gasteiger partial charge in [-0.05, 0) is 47.5 Å². The number of aromatic nitrogens is 3. The minimum Gasteiger partial charge on any atom is -0.353 e. The zero-order chi connectivity index (χ0) is 24.3. The molecule has 8 nitrogen and oxygen atoms in total. The van der Waals surface area contributed by atoms with Crippen LogP contribution in [0, 0.1) is 5.82 Å². The summed E-state index contributed by atoms with van der Waals surface area (Å²) in [6, 6.07) is 5.93. The molecule has 1 atom stereocenters. The number of hydrogen-bond donors (Lipinski definition) is 2. The Hall–Kier alpha value is -2.60. The Morgan fingerprint density at radius 2 is 2.09 bits per heavy atom. The number of ketones is 1. The minimum atomic E-state index is -0.519. The monoisotopic (exact) mass is 546 g/mol. The maximum atomic E-state index is 13.1. The summed E-state index contributed by atoms with van der Waals surface area (Å²) < 4.78 is 13.9. The first-order valence-corrected chi connectivity index (χ1v) is 12.3. The van der Waals surface area contributed by atoms with Crippen LogP contribution in [-0.2, 0) is 16.0 Å². The number of thiazole rings is 1. The van der Waals surface area contributed by atoms with Crippen molar-refractivity contribution in [2.45, 2.75) is 31.8 Å². The number of rotatable bonds is 9. The molecule has 2 aromatic heterocycles. The number of nitrogens with zero attached hydrogens (tertiary/aromatic N) is 4. The summed E-state index contributed by atoms with van der Waals surface area (Å²) in [5.74, 6) is -0.222. The average Bonchev–Trinajstić information content (AvgIpc) is 3.39. The largest absolute Gasteiger partial charge is 0.353 e. The van der Waals surface area contributed by atoms with Gasteiger partial charge in [0, 0.05) is 49.0 Å². The second kappa shape index (κ2) is 10.3. The van der Waals surface area contributed by atoms with Crippen molar-refractivity contribution in [3.8, 4) is 10.7 Å². The quantitative estimate of drug-likeness (QED) is 0.311. The Labute approximate surface area is 209 Å². The zero-order valence-electron chi connectivity index (χ0n) is 18.7. The lowest BCUT2D eigenvalue weighted by Crippen LogP contribution is -2.51. The van der Waals surface area contributed by atoms with Gasteiger partial charge in [0.05, 0.1) is 10.5 Å². The van der Waals surface area contributed by atoms with E-state index in [1.807, 2.05) is 20.0 Å². The summed E-state index contributed by atoms with van der Waals surface area (Å²) in [6.07, 6.45) is 4.54. The molecule has 0 amide bonds. The third-order valence-corrected chi connectivity index (χ3v) is 7.45. The van der Waals surface area contributed by atoms with Gasteiger partial charge in [-0.3, -0.25) is 19.8 Å². The highest BCUT2D eigenvalue weighted by molar-refractivity contribution is 9.10. The molecule has 11 heteroatoms. The number of carbonyl (C=O) groups excluding carboxylic acids is 2. The van der Waals surface area contributed by atoms with Crippen molar-refractivity contribution in [3.05, 3.63) is 57.4 Å². The third kappa shape index (κ3) is 5.38. The molecular formula is C23H24BrFN6O2S. The number of hydrogen-bond acceptors (Lipinski definition) is 9. The van der Waals surface area contributed by atoms with Crippen molar-refractivity contribution in [2.75, 3.05) is 25.1 Å².